The SMILES string of the molecule is CC(C)Cc1ccc(C(O)c2cc3c(s2)CCCC3)cc1. The average molecular weight is 300 g/mol. The van der Waals surface area contributed by atoms with Gasteiger partial charge in [0, 0.05) is 9.75 Å². The minimum absolute atomic E-state index is 0.464. The molecule has 3 rings (SSSR count). The first-order chi connectivity index (χ1) is 10.1. The summed E-state index contributed by atoms with van der Waals surface area (Å²) in [6, 6.07) is 10.7. The fourth-order valence-corrected chi connectivity index (χ4v) is 4.39. The molecule has 0 amide bonds. The molecule has 0 fully saturated rings. The first-order valence-electron chi connectivity index (χ1n) is 8.02. The minimum atomic E-state index is -0.464. The molecular weight excluding hydrogens is 276 g/mol. The van der Waals surface area contributed by atoms with Gasteiger partial charge in [0.15, 0.2) is 0 Å². The zero-order valence-electron chi connectivity index (χ0n) is 12.9. The first kappa shape index (κ1) is 14.8. The Morgan fingerprint density at radius 1 is 1.10 bits per heavy atom. The van der Waals surface area contributed by atoms with Crippen LogP contribution in [-0.2, 0) is 19.3 Å². The van der Waals surface area contributed by atoms with Crippen molar-refractivity contribution < 1.29 is 5.11 Å². The van der Waals surface area contributed by atoms with Gasteiger partial charge in [0.1, 0.15) is 6.10 Å². The quantitative estimate of drug-likeness (QED) is 0.851. The van der Waals surface area contributed by atoms with Gasteiger partial charge in [-0.3, -0.25) is 0 Å². The highest BCUT2D eigenvalue weighted by Gasteiger charge is 2.18. The van der Waals surface area contributed by atoms with Crippen molar-refractivity contribution in [1.82, 2.24) is 0 Å². The number of hydrogen-bond donors (Lipinski definition) is 1. The molecule has 0 spiro atoms. The largest absolute Gasteiger partial charge is 0.383 e. The van der Waals surface area contributed by atoms with E-state index in [-0.39, 0.29) is 0 Å². The molecule has 1 heterocycles. The van der Waals surface area contributed by atoms with Gasteiger partial charge >= 0.3 is 0 Å². The summed E-state index contributed by atoms with van der Waals surface area (Å²) >= 11 is 1.80. The van der Waals surface area contributed by atoms with Crippen molar-refractivity contribution in [3.63, 3.8) is 0 Å². The molecule has 1 unspecified atom stereocenters. The van der Waals surface area contributed by atoms with Crippen molar-refractivity contribution in [1.29, 1.82) is 0 Å². The number of rotatable bonds is 4. The molecule has 112 valence electrons. The Kier molecular flexibility index (Phi) is 4.46. The second-order valence-electron chi connectivity index (χ2n) is 6.55. The fourth-order valence-electron chi connectivity index (χ4n) is 3.12. The summed E-state index contributed by atoms with van der Waals surface area (Å²) in [5, 5.41) is 10.6. The minimum Gasteiger partial charge on any atom is -0.383 e. The van der Waals surface area contributed by atoms with Gasteiger partial charge in [-0.15, -0.1) is 11.3 Å². The van der Waals surface area contributed by atoms with E-state index in [0.717, 1.165) is 16.9 Å². The summed E-state index contributed by atoms with van der Waals surface area (Å²) in [6.45, 7) is 4.47. The van der Waals surface area contributed by atoms with Crippen LogP contribution in [0, 0.1) is 5.92 Å². The maximum absolute atomic E-state index is 10.6. The molecule has 1 aliphatic rings. The van der Waals surface area contributed by atoms with Gasteiger partial charge in [-0.25, -0.2) is 0 Å². The molecule has 1 nitrogen and oxygen atoms in total. The highest BCUT2D eigenvalue weighted by atomic mass is 32.1. The van der Waals surface area contributed by atoms with Crippen LogP contribution in [0.1, 0.15) is 59.2 Å². The summed E-state index contributed by atoms with van der Waals surface area (Å²) in [5.41, 5.74) is 3.84. The van der Waals surface area contributed by atoms with Crippen LogP contribution < -0.4 is 0 Å². The predicted molar refractivity (Wildman–Crippen MR) is 90.0 cm³/mol. The third kappa shape index (κ3) is 3.38. The van der Waals surface area contributed by atoms with Crippen LogP contribution in [0.4, 0.5) is 0 Å². The summed E-state index contributed by atoms with van der Waals surface area (Å²) in [6.07, 6.45) is 5.61. The van der Waals surface area contributed by atoms with Crippen molar-refractivity contribution in [3.8, 4) is 0 Å². The number of aliphatic hydroxyl groups is 1. The molecule has 0 bridgehead atoms. The summed E-state index contributed by atoms with van der Waals surface area (Å²) < 4.78 is 0. The van der Waals surface area contributed by atoms with Crippen LogP contribution >= 0.6 is 11.3 Å². The zero-order valence-corrected chi connectivity index (χ0v) is 13.7. The van der Waals surface area contributed by atoms with Crippen molar-refractivity contribution in [3.05, 3.63) is 56.8 Å². The number of aliphatic hydroxyl groups excluding tert-OH is 1. The zero-order chi connectivity index (χ0) is 14.8. The molecule has 1 aromatic heterocycles. The summed E-state index contributed by atoms with van der Waals surface area (Å²) in [4.78, 5) is 2.60. The lowest BCUT2D eigenvalue weighted by Crippen LogP contribution is -1.99. The van der Waals surface area contributed by atoms with Crippen LogP contribution in [0.2, 0.25) is 0 Å². The normalized spacial score (nSPS) is 16.0. The Hall–Kier alpha value is -1.12. The van der Waals surface area contributed by atoms with Crippen LogP contribution in [-0.4, -0.2) is 5.11 Å². The standard InChI is InChI=1S/C19H24OS/c1-13(2)11-14-7-9-15(10-8-14)19(20)18-12-16-5-3-4-6-17(16)21-18/h7-10,12-13,19-20H,3-6,11H2,1-2H3. The van der Waals surface area contributed by atoms with E-state index >= 15 is 0 Å². The van der Waals surface area contributed by atoms with E-state index < -0.39 is 6.10 Å². The van der Waals surface area contributed by atoms with E-state index in [9.17, 15) is 5.11 Å². The van der Waals surface area contributed by atoms with E-state index in [1.165, 1.54) is 41.7 Å². The average Bonchev–Trinajstić information content (AvgIpc) is 2.90. The Morgan fingerprint density at radius 3 is 2.48 bits per heavy atom. The summed E-state index contributed by atoms with van der Waals surface area (Å²) in [7, 11) is 0. The number of thiophene rings is 1. The summed E-state index contributed by atoms with van der Waals surface area (Å²) in [5.74, 6) is 0.671. The smallest absolute Gasteiger partial charge is 0.113 e. The Balaban J connectivity index is 1.78. The number of fused-ring (bicyclic) bond motifs is 1. The van der Waals surface area contributed by atoms with Gasteiger partial charge in [-0.05, 0) is 60.8 Å². The lowest BCUT2D eigenvalue weighted by molar-refractivity contribution is 0.224. The van der Waals surface area contributed by atoms with Gasteiger partial charge in [0.2, 0.25) is 0 Å². The third-order valence-corrected chi connectivity index (χ3v) is 5.51. The van der Waals surface area contributed by atoms with Crippen molar-refractivity contribution in [2.45, 2.75) is 52.1 Å². The Morgan fingerprint density at radius 2 is 1.81 bits per heavy atom. The predicted octanol–water partition coefficient (Wildman–Crippen LogP) is 4.91. The molecular formula is C19H24OS. The molecule has 21 heavy (non-hydrogen) atoms. The molecule has 2 heteroatoms. The molecule has 1 aliphatic carbocycles. The molecule has 1 atom stereocenters. The van der Waals surface area contributed by atoms with Crippen molar-refractivity contribution >= 4 is 11.3 Å². The van der Waals surface area contributed by atoms with Gasteiger partial charge in [-0.2, -0.15) is 0 Å². The molecule has 1 aromatic carbocycles. The number of benzene rings is 1. The van der Waals surface area contributed by atoms with Gasteiger partial charge in [-0.1, -0.05) is 38.1 Å². The van der Waals surface area contributed by atoms with E-state index in [2.05, 4.69) is 44.2 Å². The van der Waals surface area contributed by atoms with Crippen LogP contribution in [0.5, 0.6) is 0 Å². The second kappa shape index (κ2) is 6.33. The maximum atomic E-state index is 10.6. The van der Waals surface area contributed by atoms with E-state index in [4.69, 9.17) is 0 Å². The fraction of sp³-hybridized carbons (Fsp3) is 0.474. The van der Waals surface area contributed by atoms with Crippen LogP contribution in [0.3, 0.4) is 0 Å². The molecule has 0 radical (unpaired) electrons. The Bertz CT molecular complexity index is 571. The van der Waals surface area contributed by atoms with Gasteiger partial charge in [0.25, 0.3) is 0 Å². The second-order valence-corrected chi connectivity index (χ2v) is 7.71. The molecule has 0 saturated carbocycles. The number of aryl methyl sites for hydroxylation is 2. The Labute approximate surface area is 131 Å². The lowest BCUT2D eigenvalue weighted by atomic mass is 9.97. The highest BCUT2D eigenvalue weighted by molar-refractivity contribution is 7.12. The lowest BCUT2D eigenvalue weighted by Gasteiger charge is -2.11. The molecule has 0 aliphatic heterocycles. The van der Waals surface area contributed by atoms with E-state index in [1.54, 1.807) is 11.3 Å². The van der Waals surface area contributed by atoms with E-state index in [0.29, 0.717) is 5.92 Å². The molecule has 1 N–H and O–H groups in total. The van der Waals surface area contributed by atoms with Gasteiger partial charge in [0.05, 0.1) is 0 Å². The number of hydrogen-bond acceptors (Lipinski definition) is 2. The third-order valence-electron chi connectivity index (χ3n) is 4.22. The molecule has 2 aromatic rings. The molecule has 0 saturated heterocycles. The van der Waals surface area contributed by atoms with E-state index in [1.807, 2.05) is 0 Å². The topological polar surface area (TPSA) is 20.2 Å². The van der Waals surface area contributed by atoms with Crippen LogP contribution in [0.25, 0.3) is 0 Å². The van der Waals surface area contributed by atoms with Crippen molar-refractivity contribution in [2.75, 3.05) is 0 Å². The first-order valence-corrected chi connectivity index (χ1v) is 8.83. The van der Waals surface area contributed by atoms with Crippen LogP contribution in [0.15, 0.2) is 30.3 Å². The van der Waals surface area contributed by atoms with Crippen molar-refractivity contribution in [2.24, 2.45) is 5.92 Å². The maximum Gasteiger partial charge on any atom is 0.113 e. The monoisotopic (exact) mass is 300 g/mol. The highest BCUT2D eigenvalue weighted by Crippen LogP contribution is 2.35. The van der Waals surface area contributed by atoms with Gasteiger partial charge < -0.3 is 5.11 Å².